The zero-order valence-corrected chi connectivity index (χ0v) is 13.5. The minimum Gasteiger partial charge on any atom is -0.480 e. The smallest absolute Gasteiger partial charge is 0.323 e. The second-order valence-electron chi connectivity index (χ2n) is 6.00. The molecule has 0 aliphatic rings. The van der Waals surface area contributed by atoms with Crippen LogP contribution in [0.5, 0.6) is 0 Å². The van der Waals surface area contributed by atoms with Crippen LogP contribution in [0, 0.1) is 11.8 Å². The summed E-state index contributed by atoms with van der Waals surface area (Å²) in [6, 6.07) is -0.453. The van der Waals surface area contributed by atoms with E-state index >= 15 is 0 Å². The van der Waals surface area contributed by atoms with Crippen molar-refractivity contribution in [2.45, 2.75) is 27.7 Å². The van der Waals surface area contributed by atoms with Crippen LogP contribution in [-0.4, -0.2) is 66.0 Å². The molecule has 0 aromatic rings. The van der Waals surface area contributed by atoms with Crippen molar-refractivity contribution >= 4 is 17.9 Å². The number of carboxylic acid groups (broad SMARTS) is 1. The number of urea groups is 1. The Labute approximate surface area is 126 Å². The number of likely N-dealkylation sites (N-methyl/N-ethyl adjacent to an activating group) is 1. The highest BCUT2D eigenvalue weighted by Gasteiger charge is 2.22. The lowest BCUT2D eigenvalue weighted by Crippen LogP contribution is -2.48. The number of nitrogens with one attached hydrogen (secondary N) is 1. The predicted octanol–water partition coefficient (Wildman–Crippen LogP) is 0.853. The fourth-order valence-corrected chi connectivity index (χ4v) is 1.71. The minimum absolute atomic E-state index is 0.0836. The number of rotatable bonds is 8. The summed E-state index contributed by atoms with van der Waals surface area (Å²) in [7, 11) is 1.49. The molecule has 0 bridgehead atoms. The first-order chi connectivity index (χ1) is 9.63. The Morgan fingerprint density at radius 3 is 2.05 bits per heavy atom. The van der Waals surface area contributed by atoms with Gasteiger partial charge in [0, 0.05) is 20.1 Å². The van der Waals surface area contributed by atoms with Crippen molar-refractivity contribution in [2.75, 3.05) is 33.2 Å². The van der Waals surface area contributed by atoms with Gasteiger partial charge in [-0.15, -0.1) is 0 Å². The van der Waals surface area contributed by atoms with Gasteiger partial charge in [0.25, 0.3) is 0 Å². The maximum atomic E-state index is 12.2. The average molecular weight is 301 g/mol. The highest BCUT2D eigenvalue weighted by molar-refractivity contribution is 5.85. The third-order valence-electron chi connectivity index (χ3n) is 2.60. The quantitative estimate of drug-likeness (QED) is 0.695. The maximum absolute atomic E-state index is 12.2. The van der Waals surface area contributed by atoms with E-state index in [-0.39, 0.29) is 24.9 Å². The molecule has 0 radical (unpaired) electrons. The number of hydrogen-bond acceptors (Lipinski definition) is 3. The summed E-state index contributed by atoms with van der Waals surface area (Å²) in [5, 5.41) is 11.6. The van der Waals surface area contributed by atoms with Crippen LogP contribution in [0.15, 0.2) is 0 Å². The lowest BCUT2D eigenvalue weighted by molar-refractivity contribution is -0.137. The zero-order valence-electron chi connectivity index (χ0n) is 13.5. The monoisotopic (exact) mass is 301 g/mol. The molecule has 3 amide bonds. The van der Waals surface area contributed by atoms with Gasteiger partial charge in [0.1, 0.15) is 13.1 Å². The molecule has 0 unspecified atom stereocenters. The summed E-state index contributed by atoms with van der Waals surface area (Å²) in [6.45, 7) is 8.19. The molecule has 0 fully saturated rings. The van der Waals surface area contributed by atoms with Gasteiger partial charge in [-0.1, -0.05) is 27.7 Å². The van der Waals surface area contributed by atoms with Crippen LogP contribution < -0.4 is 5.32 Å². The Morgan fingerprint density at radius 2 is 1.62 bits per heavy atom. The van der Waals surface area contributed by atoms with Crippen LogP contribution in [0.1, 0.15) is 27.7 Å². The molecule has 0 aromatic carbocycles. The number of carboxylic acids is 1. The van der Waals surface area contributed by atoms with Crippen LogP contribution in [0.2, 0.25) is 0 Å². The van der Waals surface area contributed by atoms with Gasteiger partial charge >= 0.3 is 12.0 Å². The number of carbonyl (C=O) groups excluding carboxylic acids is 2. The van der Waals surface area contributed by atoms with Crippen molar-refractivity contribution in [2.24, 2.45) is 11.8 Å². The van der Waals surface area contributed by atoms with Gasteiger partial charge < -0.3 is 20.2 Å². The first kappa shape index (κ1) is 19.2. The Morgan fingerprint density at radius 1 is 1.05 bits per heavy atom. The molecule has 122 valence electrons. The van der Waals surface area contributed by atoms with E-state index in [4.69, 9.17) is 5.11 Å². The summed E-state index contributed by atoms with van der Waals surface area (Å²) >= 11 is 0. The molecular weight excluding hydrogens is 274 g/mol. The van der Waals surface area contributed by atoms with E-state index in [0.29, 0.717) is 19.0 Å². The van der Waals surface area contributed by atoms with E-state index in [9.17, 15) is 14.4 Å². The molecular formula is C14H27N3O4. The molecule has 0 aliphatic heterocycles. The second-order valence-corrected chi connectivity index (χ2v) is 6.00. The molecule has 0 saturated heterocycles. The van der Waals surface area contributed by atoms with Crippen LogP contribution in [-0.2, 0) is 9.59 Å². The number of nitrogens with zero attached hydrogens (tertiary/aromatic N) is 2. The van der Waals surface area contributed by atoms with Gasteiger partial charge in [-0.05, 0) is 11.8 Å². The molecule has 7 heteroatoms. The first-order valence-corrected chi connectivity index (χ1v) is 7.12. The van der Waals surface area contributed by atoms with Crippen molar-refractivity contribution in [3.63, 3.8) is 0 Å². The fourth-order valence-electron chi connectivity index (χ4n) is 1.71. The second kappa shape index (κ2) is 9.20. The van der Waals surface area contributed by atoms with Crippen molar-refractivity contribution in [3.8, 4) is 0 Å². The zero-order chi connectivity index (χ0) is 16.6. The van der Waals surface area contributed by atoms with E-state index in [1.807, 2.05) is 27.7 Å². The highest BCUT2D eigenvalue weighted by atomic mass is 16.4. The van der Waals surface area contributed by atoms with E-state index < -0.39 is 12.0 Å². The molecule has 0 atom stereocenters. The van der Waals surface area contributed by atoms with Crippen molar-refractivity contribution in [1.29, 1.82) is 0 Å². The maximum Gasteiger partial charge on any atom is 0.323 e. The summed E-state index contributed by atoms with van der Waals surface area (Å²) < 4.78 is 0. The lowest BCUT2D eigenvalue weighted by atomic mass is 10.2. The van der Waals surface area contributed by atoms with Crippen molar-refractivity contribution in [3.05, 3.63) is 0 Å². The highest BCUT2D eigenvalue weighted by Crippen LogP contribution is 2.03. The summed E-state index contributed by atoms with van der Waals surface area (Å²) in [5.74, 6) is -0.836. The molecule has 0 rings (SSSR count). The number of amides is 3. The number of carbonyl (C=O) groups is 3. The lowest BCUT2D eigenvalue weighted by Gasteiger charge is -2.28. The Kier molecular flexibility index (Phi) is 8.42. The van der Waals surface area contributed by atoms with Crippen LogP contribution in [0.3, 0.4) is 0 Å². The summed E-state index contributed by atoms with van der Waals surface area (Å²) in [6.07, 6.45) is 0. The van der Waals surface area contributed by atoms with E-state index in [0.717, 1.165) is 0 Å². The van der Waals surface area contributed by atoms with Gasteiger partial charge in [-0.25, -0.2) is 4.79 Å². The molecule has 0 aromatic heterocycles. The van der Waals surface area contributed by atoms with Crippen LogP contribution in [0.4, 0.5) is 4.79 Å². The Balaban J connectivity index is 4.54. The van der Waals surface area contributed by atoms with Crippen molar-refractivity contribution in [1.82, 2.24) is 15.1 Å². The third-order valence-corrected chi connectivity index (χ3v) is 2.60. The van der Waals surface area contributed by atoms with Crippen molar-refractivity contribution < 1.29 is 19.5 Å². The van der Waals surface area contributed by atoms with E-state index in [2.05, 4.69) is 5.32 Å². The molecule has 21 heavy (non-hydrogen) atoms. The molecule has 0 aliphatic carbocycles. The molecule has 7 nitrogen and oxygen atoms in total. The molecule has 0 saturated carbocycles. The fraction of sp³-hybridized carbons (Fsp3) is 0.786. The van der Waals surface area contributed by atoms with Gasteiger partial charge in [0.15, 0.2) is 0 Å². The number of aliphatic carboxylic acids is 1. The molecule has 2 N–H and O–H groups in total. The summed E-state index contributed by atoms with van der Waals surface area (Å²) in [4.78, 5) is 37.2. The predicted molar refractivity (Wildman–Crippen MR) is 79.9 cm³/mol. The van der Waals surface area contributed by atoms with E-state index in [1.54, 1.807) is 0 Å². The van der Waals surface area contributed by atoms with Gasteiger partial charge in [-0.2, -0.15) is 0 Å². The van der Waals surface area contributed by atoms with Gasteiger partial charge in [-0.3, -0.25) is 9.59 Å². The normalized spacial score (nSPS) is 10.6. The first-order valence-electron chi connectivity index (χ1n) is 7.12. The summed E-state index contributed by atoms with van der Waals surface area (Å²) in [5.41, 5.74) is 0. The van der Waals surface area contributed by atoms with Crippen LogP contribution >= 0.6 is 0 Å². The minimum atomic E-state index is -1.07. The van der Waals surface area contributed by atoms with Gasteiger partial charge in [0.05, 0.1) is 0 Å². The standard InChI is InChI=1S/C14H27N3O4/c1-10(2)6-15-12(18)8-16(5)14(21)17(7-11(3)4)9-13(19)20/h10-11H,6-9H2,1-5H3,(H,15,18)(H,19,20). The number of hydrogen-bond donors (Lipinski definition) is 2. The SMILES string of the molecule is CC(C)CNC(=O)CN(C)C(=O)N(CC(=O)O)CC(C)C. The molecule has 0 spiro atoms. The topological polar surface area (TPSA) is 90.0 Å². The van der Waals surface area contributed by atoms with Gasteiger partial charge in [0.2, 0.25) is 5.91 Å². The van der Waals surface area contributed by atoms with Crippen LogP contribution in [0.25, 0.3) is 0 Å². The molecule has 0 heterocycles. The average Bonchev–Trinajstić information content (AvgIpc) is 2.33. The Bertz CT molecular complexity index is 369. The third kappa shape index (κ3) is 8.88. The Hall–Kier alpha value is -1.79. The van der Waals surface area contributed by atoms with E-state index in [1.165, 1.54) is 16.8 Å². The largest absolute Gasteiger partial charge is 0.480 e.